The zero-order valence-corrected chi connectivity index (χ0v) is 14.8. The minimum absolute atomic E-state index is 0. The minimum atomic E-state index is -0.228. The molecule has 0 aliphatic carbocycles. The van der Waals surface area contributed by atoms with Crippen molar-refractivity contribution >= 4 is 34.2 Å². The number of amides is 1. The van der Waals surface area contributed by atoms with E-state index in [4.69, 9.17) is 5.73 Å². The molecule has 0 aliphatic heterocycles. The molecule has 1 amide bonds. The van der Waals surface area contributed by atoms with E-state index in [2.05, 4.69) is 31.6 Å². The molecule has 120 valence electrons. The van der Waals surface area contributed by atoms with Crippen LogP contribution in [0.1, 0.15) is 23.1 Å². The molecule has 8 heteroatoms. The molecule has 0 saturated carbocycles. The van der Waals surface area contributed by atoms with Crippen LogP contribution in [0.2, 0.25) is 0 Å². The maximum Gasteiger partial charge on any atom is 0.273 e. The first-order valence-corrected chi connectivity index (χ1v) is 7.48. The Hall–Kier alpha value is -1.44. The molecule has 1 aromatic carbocycles. The van der Waals surface area contributed by atoms with Gasteiger partial charge in [-0.25, -0.2) is 4.68 Å². The molecule has 0 saturated heterocycles. The van der Waals surface area contributed by atoms with E-state index >= 15 is 0 Å². The van der Waals surface area contributed by atoms with Crippen LogP contribution in [0.4, 0.5) is 0 Å². The molecule has 1 atom stereocenters. The van der Waals surface area contributed by atoms with Gasteiger partial charge in [0.05, 0.1) is 11.4 Å². The third-order valence-electron chi connectivity index (χ3n) is 3.18. The molecule has 0 fully saturated rings. The van der Waals surface area contributed by atoms with Crippen LogP contribution in [0.25, 0.3) is 5.69 Å². The molecule has 1 unspecified atom stereocenters. The summed E-state index contributed by atoms with van der Waals surface area (Å²) < 4.78 is 2.59. The van der Waals surface area contributed by atoms with E-state index in [-0.39, 0.29) is 24.2 Å². The van der Waals surface area contributed by atoms with E-state index in [1.165, 1.54) is 0 Å². The first kappa shape index (κ1) is 18.6. The Morgan fingerprint density at radius 3 is 2.86 bits per heavy atom. The van der Waals surface area contributed by atoms with Crippen LogP contribution in [0.3, 0.4) is 0 Å². The van der Waals surface area contributed by atoms with Gasteiger partial charge < -0.3 is 11.1 Å². The Kier molecular flexibility index (Phi) is 6.99. The largest absolute Gasteiger partial charge is 0.350 e. The number of benzene rings is 1. The van der Waals surface area contributed by atoms with Crippen molar-refractivity contribution in [2.45, 2.75) is 13.8 Å². The van der Waals surface area contributed by atoms with Gasteiger partial charge in [-0.3, -0.25) is 4.79 Å². The van der Waals surface area contributed by atoms with Crippen LogP contribution >= 0.6 is 28.3 Å². The van der Waals surface area contributed by atoms with Gasteiger partial charge in [-0.05, 0) is 37.6 Å². The van der Waals surface area contributed by atoms with Gasteiger partial charge in [0, 0.05) is 11.0 Å². The van der Waals surface area contributed by atoms with Crippen molar-refractivity contribution in [2.24, 2.45) is 11.7 Å². The highest BCUT2D eigenvalue weighted by molar-refractivity contribution is 9.10. The lowest BCUT2D eigenvalue weighted by Crippen LogP contribution is -2.31. The Morgan fingerprint density at radius 2 is 2.23 bits per heavy atom. The minimum Gasteiger partial charge on any atom is -0.350 e. The Bertz CT molecular complexity index is 646. The summed E-state index contributed by atoms with van der Waals surface area (Å²) in [4.78, 5) is 12.1. The van der Waals surface area contributed by atoms with Crippen molar-refractivity contribution in [2.75, 3.05) is 13.1 Å². The molecule has 0 spiro atoms. The fourth-order valence-electron chi connectivity index (χ4n) is 1.83. The zero-order valence-electron chi connectivity index (χ0n) is 12.4. The number of nitrogens with zero attached hydrogens (tertiary/aromatic N) is 3. The lowest BCUT2D eigenvalue weighted by Gasteiger charge is -2.09. The topological polar surface area (TPSA) is 85.8 Å². The SMILES string of the molecule is Cc1c(C(=O)NCC(C)CN)nnn1-c1cccc(Br)c1.Cl. The Morgan fingerprint density at radius 1 is 1.50 bits per heavy atom. The average Bonchev–Trinajstić information content (AvgIpc) is 2.86. The van der Waals surface area contributed by atoms with Crippen LogP contribution in [0.15, 0.2) is 28.7 Å². The molecule has 2 aromatic rings. The summed E-state index contributed by atoms with van der Waals surface area (Å²) in [5.74, 6) is 0.00317. The molecule has 22 heavy (non-hydrogen) atoms. The molecule has 6 nitrogen and oxygen atoms in total. The van der Waals surface area contributed by atoms with Gasteiger partial charge >= 0.3 is 0 Å². The second kappa shape index (κ2) is 8.26. The predicted molar refractivity (Wildman–Crippen MR) is 91.6 cm³/mol. The number of carbonyl (C=O) groups excluding carboxylic acids is 1. The molecule has 0 radical (unpaired) electrons. The summed E-state index contributed by atoms with van der Waals surface area (Å²) >= 11 is 3.42. The summed E-state index contributed by atoms with van der Waals surface area (Å²) in [7, 11) is 0. The van der Waals surface area contributed by atoms with Crippen LogP contribution in [0, 0.1) is 12.8 Å². The lowest BCUT2D eigenvalue weighted by molar-refractivity contribution is 0.0943. The summed E-state index contributed by atoms with van der Waals surface area (Å²) in [6.45, 7) is 4.86. The molecule has 1 heterocycles. The van der Waals surface area contributed by atoms with E-state index in [1.807, 2.05) is 38.1 Å². The smallest absolute Gasteiger partial charge is 0.273 e. The lowest BCUT2D eigenvalue weighted by atomic mass is 10.2. The summed E-state index contributed by atoms with van der Waals surface area (Å²) in [6.07, 6.45) is 0. The summed E-state index contributed by atoms with van der Waals surface area (Å²) in [6, 6.07) is 7.66. The number of aromatic nitrogens is 3. The van der Waals surface area contributed by atoms with Gasteiger partial charge in [-0.1, -0.05) is 34.1 Å². The number of halogens is 2. The van der Waals surface area contributed by atoms with Crippen LogP contribution in [-0.2, 0) is 0 Å². The molecule has 3 N–H and O–H groups in total. The second-order valence-corrected chi connectivity index (χ2v) is 5.88. The van der Waals surface area contributed by atoms with Crippen molar-refractivity contribution < 1.29 is 4.79 Å². The van der Waals surface area contributed by atoms with Gasteiger partial charge in [0.1, 0.15) is 0 Å². The first-order valence-electron chi connectivity index (χ1n) is 6.69. The maximum absolute atomic E-state index is 12.1. The van der Waals surface area contributed by atoms with Crippen LogP contribution in [0.5, 0.6) is 0 Å². The van der Waals surface area contributed by atoms with Crippen molar-refractivity contribution in [3.63, 3.8) is 0 Å². The van der Waals surface area contributed by atoms with Crippen LogP contribution < -0.4 is 11.1 Å². The molecule has 1 aromatic heterocycles. The number of carbonyl (C=O) groups is 1. The number of hydrogen-bond acceptors (Lipinski definition) is 4. The van der Waals surface area contributed by atoms with Crippen molar-refractivity contribution in [3.8, 4) is 5.69 Å². The molecule has 0 aliphatic rings. The van der Waals surface area contributed by atoms with Gasteiger partial charge in [0.15, 0.2) is 5.69 Å². The van der Waals surface area contributed by atoms with Gasteiger partial charge in [-0.15, -0.1) is 17.5 Å². The Labute approximate surface area is 144 Å². The second-order valence-electron chi connectivity index (χ2n) is 4.97. The monoisotopic (exact) mass is 387 g/mol. The Balaban J connectivity index is 0.00000242. The number of nitrogens with one attached hydrogen (secondary N) is 1. The highest BCUT2D eigenvalue weighted by atomic mass is 79.9. The first-order chi connectivity index (χ1) is 10.0. The fourth-order valence-corrected chi connectivity index (χ4v) is 2.21. The van der Waals surface area contributed by atoms with Gasteiger partial charge in [0.25, 0.3) is 5.91 Å². The highest BCUT2D eigenvalue weighted by Gasteiger charge is 2.17. The fraction of sp³-hybridized carbons (Fsp3) is 0.357. The average molecular weight is 389 g/mol. The third-order valence-corrected chi connectivity index (χ3v) is 3.67. The number of hydrogen-bond donors (Lipinski definition) is 2. The summed E-state index contributed by atoms with van der Waals surface area (Å²) in [5.41, 5.74) is 7.42. The van der Waals surface area contributed by atoms with Crippen LogP contribution in [-0.4, -0.2) is 34.0 Å². The predicted octanol–water partition coefficient (Wildman–Crippen LogP) is 2.08. The maximum atomic E-state index is 12.1. The molecule has 0 bridgehead atoms. The van der Waals surface area contributed by atoms with E-state index < -0.39 is 0 Å². The van der Waals surface area contributed by atoms with Crippen molar-refractivity contribution in [1.29, 1.82) is 0 Å². The van der Waals surface area contributed by atoms with E-state index in [9.17, 15) is 4.79 Å². The number of rotatable bonds is 5. The highest BCUT2D eigenvalue weighted by Crippen LogP contribution is 2.17. The van der Waals surface area contributed by atoms with Crippen molar-refractivity contribution in [3.05, 3.63) is 40.1 Å². The molecular formula is C14H19BrClN5O. The van der Waals surface area contributed by atoms with E-state index in [1.54, 1.807) is 4.68 Å². The quantitative estimate of drug-likeness (QED) is 0.821. The molecule has 2 rings (SSSR count). The van der Waals surface area contributed by atoms with E-state index in [0.29, 0.717) is 24.5 Å². The summed E-state index contributed by atoms with van der Waals surface area (Å²) in [5, 5.41) is 10.9. The van der Waals surface area contributed by atoms with E-state index in [0.717, 1.165) is 10.2 Å². The number of nitrogens with two attached hydrogens (primary N) is 1. The normalized spacial score (nSPS) is 11.6. The third kappa shape index (κ3) is 4.28. The zero-order chi connectivity index (χ0) is 15.4. The van der Waals surface area contributed by atoms with Gasteiger partial charge in [0.2, 0.25) is 0 Å². The molecular weight excluding hydrogens is 370 g/mol. The van der Waals surface area contributed by atoms with Crippen molar-refractivity contribution in [1.82, 2.24) is 20.3 Å². The van der Waals surface area contributed by atoms with Gasteiger partial charge in [-0.2, -0.15) is 0 Å². The standard InChI is InChI=1S/C14H18BrN5O.ClH/c1-9(7-16)8-17-14(21)13-10(2)20(19-18-13)12-5-3-4-11(15)6-12;/h3-6,9H,7-8,16H2,1-2H3,(H,17,21);1H.